The van der Waals surface area contributed by atoms with Crippen LogP contribution in [0.5, 0.6) is 0 Å². The average Bonchev–Trinajstić information content (AvgIpc) is 3.20. The number of rotatable bonds is 5. The first kappa shape index (κ1) is 27.5. The molecule has 2 aliphatic rings. The van der Waals surface area contributed by atoms with Crippen molar-refractivity contribution in [1.82, 2.24) is 4.90 Å². The van der Waals surface area contributed by atoms with Gasteiger partial charge in [-0.3, -0.25) is 4.79 Å². The van der Waals surface area contributed by atoms with Gasteiger partial charge in [-0.2, -0.15) is 0 Å². The normalized spacial score (nSPS) is 19.7. The lowest BCUT2D eigenvalue weighted by Gasteiger charge is -2.33. The van der Waals surface area contributed by atoms with Gasteiger partial charge in [-0.05, 0) is 110 Å². The highest BCUT2D eigenvalue weighted by atomic mass is 32.1. The van der Waals surface area contributed by atoms with Crippen molar-refractivity contribution in [2.75, 3.05) is 18.4 Å². The SMILES string of the molecule is O=C(Nc1ccc2scc(C3CCC4CCCCN4CC3)c2c1)c1ccc(F)cc1.O=C(O)/C=C/C(=O)O. The van der Waals surface area contributed by atoms with Crippen LogP contribution in [0.1, 0.15) is 60.4 Å². The van der Waals surface area contributed by atoms with E-state index in [0.717, 1.165) is 11.7 Å². The standard InChI is InChI=1S/C25H27FN2OS.C4H4O4/c26-19-7-4-18(5-8-19)25(29)27-20-9-11-24-22(15-20)23(16-30-24)17-6-10-21-3-1-2-13-28(21)14-12-17;5-3(6)1-2-4(7)8/h4-5,7-9,11,15-17,21H,1-3,6,10,12-14H2,(H,27,29);1-2H,(H,5,6)(H,7,8)/b;2-1+. The first-order chi connectivity index (χ1) is 18.3. The molecule has 1 amide bonds. The molecule has 0 spiro atoms. The fourth-order valence-electron chi connectivity index (χ4n) is 5.24. The molecule has 0 bridgehead atoms. The molecule has 7 nitrogen and oxygen atoms in total. The van der Waals surface area contributed by atoms with Gasteiger partial charge in [-0.25, -0.2) is 14.0 Å². The van der Waals surface area contributed by atoms with E-state index in [2.05, 4.69) is 27.7 Å². The van der Waals surface area contributed by atoms with Crippen LogP contribution in [0.4, 0.5) is 10.1 Å². The van der Waals surface area contributed by atoms with Gasteiger partial charge in [0.25, 0.3) is 5.91 Å². The number of hydrogen-bond donors (Lipinski definition) is 3. The Morgan fingerprint density at radius 2 is 1.66 bits per heavy atom. The van der Waals surface area contributed by atoms with Crippen LogP contribution in [-0.4, -0.2) is 52.1 Å². The lowest BCUT2D eigenvalue weighted by molar-refractivity contribution is -0.134. The molecular formula is C29H31FN2O5S. The Bertz CT molecular complexity index is 1290. The minimum atomic E-state index is -1.26. The van der Waals surface area contributed by atoms with Crippen molar-refractivity contribution in [3.8, 4) is 0 Å². The number of nitrogens with zero attached hydrogens (tertiary/aromatic N) is 1. The highest BCUT2D eigenvalue weighted by Gasteiger charge is 2.28. The van der Waals surface area contributed by atoms with E-state index >= 15 is 0 Å². The quantitative estimate of drug-likeness (QED) is 0.338. The minimum absolute atomic E-state index is 0.211. The molecule has 3 aromatic rings. The fraction of sp³-hybridized carbons (Fsp3) is 0.345. The van der Waals surface area contributed by atoms with E-state index in [0.29, 0.717) is 23.6 Å². The molecule has 0 aliphatic carbocycles. The highest BCUT2D eigenvalue weighted by molar-refractivity contribution is 7.17. The van der Waals surface area contributed by atoms with E-state index in [1.165, 1.54) is 91.5 Å². The van der Waals surface area contributed by atoms with Crippen molar-refractivity contribution in [3.05, 3.63) is 76.9 Å². The zero-order valence-electron chi connectivity index (χ0n) is 20.9. The van der Waals surface area contributed by atoms with E-state index in [1.54, 1.807) is 11.3 Å². The molecule has 2 atom stereocenters. The van der Waals surface area contributed by atoms with Gasteiger partial charge < -0.3 is 20.4 Å². The summed E-state index contributed by atoms with van der Waals surface area (Å²) in [6.07, 6.45) is 8.96. The maximum atomic E-state index is 13.1. The lowest BCUT2D eigenvalue weighted by Crippen LogP contribution is -2.38. The summed E-state index contributed by atoms with van der Waals surface area (Å²) in [5.41, 5.74) is 2.69. The smallest absolute Gasteiger partial charge is 0.328 e. The third-order valence-electron chi connectivity index (χ3n) is 7.14. The third kappa shape index (κ3) is 7.26. The summed E-state index contributed by atoms with van der Waals surface area (Å²) in [5.74, 6) is -2.47. The topological polar surface area (TPSA) is 107 Å². The van der Waals surface area contributed by atoms with Gasteiger partial charge >= 0.3 is 11.9 Å². The number of carboxylic acids is 2. The van der Waals surface area contributed by atoms with Gasteiger partial charge in [0.15, 0.2) is 0 Å². The van der Waals surface area contributed by atoms with Crippen LogP contribution in [0.2, 0.25) is 0 Å². The number of fused-ring (bicyclic) bond motifs is 2. The van der Waals surface area contributed by atoms with Crippen molar-refractivity contribution in [2.24, 2.45) is 0 Å². The first-order valence-corrected chi connectivity index (χ1v) is 13.6. The van der Waals surface area contributed by atoms with Gasteiger partial charge in [-0.15, -0.1) is 11.3 Å². The Kier molecular flexibility index (Phi) is 9.25. The van der Waals surface area contributed by atoms with E-state index in [1.807, 2.05) is 6.07 Å². The van der Waals surface area contributed by atoms with E-state index in [4.69, 9.17) is 10.2 Å². The van der Waals surface area contributed by atoms with Crippen LogP contribution in [0, 0.1) is 5.82 Å². The van der Waals surface area contributed by atoms with Gasteiger partial charge in [0.05, 0.1) is 0 Å². The van der Waals surface area contributed by atoms with Crippen LogP contribution >= 0.6 is 11.3 Å². The molecule has 2 fully saturated rings. The van der Waals surface area contributed by atoms with Gasteiger partial charge in [0, 0.05) is 34.1 Å². The van der Waals surface area contributed by atoms with Crippen molar-refractivity contribution >= 4 is 45.0 Å². The van der Waals surface area contributed by atoms with Crippen molar-refractivity contribution in [1.29, 1.82) is 0 Å². The summed E-state index contributed by atoms with van der Waals surface area (Å²) >= 11 is 1.80. The maximum Gasteiger partial charge on any atom is 0.328 e. The van der Waals surface area contributed by atoms with E-state index in [-0.39, 0.29) is 11.7 Å². The maximum absolute atomic E-state index is 13.1. The van der Waals surface area contributed by atoms with E-state index in [9.17, 15) is 18.8 Å². The number of carbonyl (C=O) groups excluding carboxylic acids is 1. The zero-order chi connectivity index (χ0) is 27.1. The third-order valence-corrected chi connectivity index (χ3v) is 8.12. The number of anilines is 1. The molecule has 3 N–H and O–H groups in total. The van der Waals surface area contributed by atoms with Crippen molar-refractivity contribution in [2.45, 2.75) is 50.5 Å². The summed E-state index contributed by atoms with van der Waals surface area (Å²) in [4.78, 5) is 34.4. The molecule has 1 aromatic heterocycles. The molecule has 3 heterocycles. The predicted molar refractivity (Wildman–Crippen MR) is 146 cm³/mol. The van der Waals surface area contributed by atoms with Crippen LogP contribution in [0.15, 0.2) is 60.0 Å². The summed E-state index contributed by atoms with van der Waals surface area (Å²) in [7, 11) is 0. The number of amides is 1. The van der Waals surface area contributed by atoms with Crippen LogP contribution in [0.3, 0.4) is 0 Å². The number of benzene rings is 2. The Hall–Kier alpha value is -3.56. The van der Waals surface area contributed by atoms with Gasteiger partial charge in [0.2, 0.25) is 0 Å². The molecule has 2 aliphatic heterocycles. The Morgan fingerprint density at radius 1 is 0.921 bits per heavy atom. The summed E-state index contributed by atoms with van der Waals surface area (Å²) in [6, 6.07) is 12.6. The molecular weight excluding hydrogens is 507 g/mol. The Balaban J connectivity index is 0.000000368. The first-order valence-electron chi connectivity index (χ1n) is 12.8. The molecule has 5 rings (SSSR count). The minimum Gasteiger partial charge on any atom is -0.478 e. The highest BCUT2D eigenvalue weighted by Crippen LogP contribution is 2.40. The zero-order valence-corrected chi connectivity index (χ0v) is 21.8. The molecule has 0 saturated carbocycles. The van der Waals surface area contributed by atoms with Gasteiger partial charge in [0.1, 0.15) is 5.82 Å². The second kappa shape index (κ2) is 12.8. The average molecular weight is 539 g/mol. The summed E-state index contributed by atoms with van der Waals surface area (Å²) in [5, 5.41) is 22.2. The number of thiophene rings is 1. The molecule has 2 aromatic carbocycles. The van der Waals surface area contributed by atoms with Crippen molar-refractivity contribution in [3.63, 3.8) is 0 Å². The number of carbonyl (C=O) groups is 3. The fourth-order valence-corrected chi connectivity index (χ4v) is 6.27. The monoisotopic (exact) mass is 538 g/mol. The van der Waals surface area contributed by atoms with Gasteiger partial charge in [-0.1, -0.05) is 6.42 Å². The Morgan fingerprint density at radius 3 is 2.37 bits per heavy atom. The molecule has 2 unspecified atom stereocenters. The molecule has 9 heteroatoms. The van der Waals surface area contributed by atoms with E-state index < -0.39 is 11.9 Å². The lowest BCUT2D eigenvalue weighted by atomic mass is 9.90. The van der Waals surface area contributed by atoms with Crippen LogP contribution in [-0.2, 0) is 9.59 Å². The number of piperidine rings is 1. The molecule has 0 radical (unpaired) electrons. The molecule has 38 heavy (non-hydrogen) atoms. The second-order valence-corrected chi connectivity index (χ2v) is 10.5. The second-order valence-electron chi connectivity index (χ2n) is 9.62. The largest absolute Gasteiger partial charge is 0.478 e. The van der Waals surface area contributed by atoms with Crippen LogP contribution < -0.4 is 5.32 Å². The van der Waals surface area contributed by atoms with Crippen molar-refractivity contribution < 1.29 is 29.0 Å². The number of carboxylic acid groups (broad SMARTS) is 2. The molecule has 200 valence electrons. The summed E-state index contributed by atoms with van der Waals surface area (Å²) in [6.45, 7) is 2.47. The number of aliphatic carboxylic acids is 2. The van der Waals surface area contributed by atoms with Crippen LogP contribution in [0.25, 0.3) is 10.1 Å². The number of hydrogen-bond acceptors (Lipinski definition) is 5. The predicted octanol–water partition coefficient (Wildman–Crippen LogP) is 6.13. The molecule has 2 saturated heterocycles. The summed E-state index contributed by atoms with van der Waals surface area (Å²) < 4.78 is 14.4. The number of halogens is 1. The number of nitrogens with one attached hydrogen (secondary N) is 1. The Labute approximate surface area is 224 Å².